The molecule has 0 saturated heterocycles. The molecular weight excluding hydrogens is 240 g/mol. The average molecular weight is 254 g/mol. The van der Waals surface area contributed by atoms with Gasteiger partial charge in [-0.1, -0.05) is 0 Å². The zero-order valence-electron chi connectivity index (χ0n) is 9.51. The van der Waals surface area contributed by atoms with Crippen molar-refractivity contribution in [3.05, 3.63) is 29.3 Å². The molecule has 0 saturated carbocycles. The van der Waals surface area contributed by atoms with Crippen molar-refractivity contribution in [3.8, 4) is 0 Å². The van der Waals surface area contributed by atoms with E-state index in [0.717, 1.165) is 5.56 Å². The largest absolute Gasteiger partial charge is 0.324 e. The van der Waals surface area contributed by atoms with Gasteiger partial charge in [-0.2, -0.15) is 0 Å². The second kappa shape index (κ2) is 4.12. The summed E-state index contributed by atoms with van der Waals surface area (Å²) in [4.78, 5) is 11.4. The molecular formula is C11H14N2O3S. The molecule has 1 aliphatic heterocycles. The van der Waals surface area contributed by atoms with Crippen LogP contribution < -0.4 is 10.0 Å². The molecule has 1 aliphatic rings. The highest BCUT2D eigenvalue weighted by Gasteiger charge is 2.26. The molecule has 6 heteroatoms. The maximum atomic E-state index is 11.5. The van der Waals surface area contributed by atoms with E-state index in [2.05, 4.69) is 0 Å². The van der Waals surface area contributed by atoms with Crippen molar-refractivity contribution in [2.45, 2.75) is 6.42 Å². The van der Waals surface area contributed by atoms with Crippen molar-refractivity contribution in [1.82, 2.24) is 0 Å². The summed E-state index contributed by atoms with van der Waals surface area (Å²) >= 11 is 0. The Morgan fingerprint density at radius 2 is 2.18 bits per heavy atom. The number of anilines is 1. The lowest BCUT2D eigenvalue weighted by molar-refractivity contribution is 0.100. The van der Waals surface area contributed by atoms with E-state index in [4.69, 9.17) is 5.73 Å². The minimum atomic E-state index is -3.23. The Kier molecular flexibility index (Phi) is 2.92. The Balaban J connectivity index is 2.42. The number of nitrogens with two attached hydrogens (primary N) is 1. The van der Waals surface area contributed by atoms with E-state index in [-0.39, 0.29) is 12.3 Å². The highest BCUT2D eigenvalue weighted by atomic mass is 32.2. The highest BCUT2D eigenvalue weighted by molar-refractivity contribution is 7.92. The molecule has 0 unspecified atom stereocenters. The smallest absolute Gasteiger partial charge is 0.232 e. The van der Waals surface area contributed by atoms with Gasteiger partial charge in [0.1, 0.15) is 0 Å². The van der Waals surface area contributed by atoms with Crippen molar-refractivity contribution in [2.24, 2.45) is 5.73 Å². The first kappa shape index (κ1) is 12.1. The number of hydrogen-bond acceptors (Lipinski definition) is 4. The number of ketones is 1. The van der Waals surface area contributed by atoms with Gasteiger partial charge in [-0.15, -0.1) is 0 Å². The van der Waals surface area contributed by atoms with Crippen LogP contribution in [0.3, 0.4) is 0 Å². The third kappa shape index (κ3) is 2.18. The first-order valence-corrected chi connectivity index (χ1v) is 7.12. The predicted octanol–water partition coefficient (Wildman–Crippen LogP) is 0.150. The molecule has 0 fully saturated rings. The minimum Gasteiger partial charge on any atom is -0.324 e. The lowest BCUT2D eigenvalue weighted by Gasteiger charge is -2.16. The Hall–Kier alpha value is -1.40. The van der Waals surface area contributed by atoms with Crippen LogP contribution in [0, 0.1) is 0 Å². The van der Waals surface area contributed by atoms with Gasteiger partial charge in [-0.25, -0.2) is 8.42 Å². The maximum absolute atomic E-state index is 11.5. The van der Waals surface area contributed by atoms with Gasteiger partial charge in [0.2, 0.25) is 10.0 Å². The molecule has 2 N–H and O–H groups in total. The SMILES string of the molecule is CS(=O)(=O)N1CCc2cc(C(=O)CN)ccc21. The second-order valence-electron chi connectivity index (χ2n) is 4.06. The standard InChI is InChI=1S/C11H14N2O3S/c1-17(15,16)13-5-4-8-6-9(11(14)7-12)2-3-10(8)13/h2-3,6H,4-5,7,12H2,1H3. The van der Waals surface area contributed by atoms with Crippen LogP contribution in [-0.2, 0) is 16.4 Å². The fraction of sp³-hybridized carbons (Fsp3) is 0.364. The van der Waals surface area contributed by atoms with Gasteiger partial charge in [0, 0.05) is 12.1 Å². The number of fused-ring (bicyclic) bond motifs is 1. The summed E-state index contributed by atoms with van der Waals surface area (Å²) in [7, 11) is -3.23. The number of carbonyl (C=O) groups excluding carboxylic acids is 1. The quantitative estimate of drug-likeness (QED) is 0.779. The minimum absolute atomic E-state index is 0.0332. The molecule has 0 spiro atoms. The summed E-state index contributed by atoms with van der Waals surface area (Å²) in [6.07, 6.45) is 1.81. The van der Waals surface area contributed by atoms with E-state index < -0.39 is 10.0 Å². The van der Waals surface area contributed by atoms with Crippen LogP contribution in [0.15, 0.2) is 18.2 Å². The highest BCUT2D eigenvalue weighted by Crippen LogP contribution is 2.30. The summed E-state index contributed by atoms with van der Waals surface area (Å²) in [5.41, 5.74) is 7.38. The Morgan fingerprint density at radius 1 is 1.47 bits per heavy atom. The maximum Gasteiger partial charge on any atom is 0.232 e. The Labute approximate surface area is 100 Å². The molecule has 92 valence electrons. The summed E-state index contributed by atoms with van der Waals surface area (Å²) in [6, 6.07) is 5.03. The molecule has 0 bridgehead atoms. The van der Waals surface area contributed by atoms with Gasteiger partial charge >= 0.3 is 0 Å². The second-order valence-corrected chi connectivity index (χ2v) is 5.96. The van der Waals surface area contributed by atoms with Gasteiger partial charge in [0.05, 0.1) is 18.5 Å². The van der Waals surface area contributed by atoms with E-state index in [0.29, 0.717) is 24.2 Å². The van der Waals surface area contributed by atoms with Gasteiger partial charge in [-0.3, -0.25) is 9.10 Å². The van der Waals surface area contributed by atoms with Gasteiger partial charge in [0.25, 0.3) is 0 Å². The van der Waals surface area contributed by atoms with E-state index in [1.165, 1.54) is 10.6 Å². The number of Topliss-reactive ketones (excluding diaryl/α,β-unsaturated/α-hetero) is 1. The summed E-state index contributed by atoms with van der Waals surface area (Å²) in [5, 5.41) is 0. The molecule has 0 atom stereocenters. The van der Waals surface area contributed by atoms with Gasteiger partial charge < -0.3 is 5.73 Å². The van der Waals surface area contributed by atoms with Crippen LogP contribution in [0.25, 0.3) is 0 Å². The fourth-order valence-electron chi connectivity index (χ4n) is 2.01. The third-order valence-corrected chi connectivity index (χ3v) is 4.02. The van der Waals surface area contributed by atoms with Crippen molar-refractivity contribution in [1.29, 1.82) is 0 Å². The van der Waals surface area contributed by atoms with Crippen molar-refractivity contribution < 1.29 is 13.2 Å². The van der Waals surface area contributed by atoms with Crippen molar-refractivity contribution >= 4 is 21.5 Å². The summed E-state index contributed by atoms with van der Waals surface area (Å²) < 4.78 is 24.4. The van der Waals surface area contributed by atoms with Gasteiger partial charge in [0.15, 0.2) is 5.78 Å². The fourth-order valence-corrected chi connectivity index (χ4v) is 2.97. The van der Waals surface area contributed by atoms with E-state index in [1.54, 1.807) is 18.2 Å². The number of rotatable bonds is 3. The summed E-state index contributed by atoms with van der Waals surface area (Å²) in [6.45, 7) is 0.406. The van der Waals surface area contributed by atoms with Crippen LogP contribution in [0.1, 0.15) is 15.9 Å². The van der Waals surface area contributed by atoms with E-state index in [1.807, 2.05) is 0 Å². The molecule has 17 heavy (non-hydrogen) atoms. The molecule has 1 aromatic carbocycles. The van der Waals surface area contributed by atoms with Crippen molar-refractivity contribution in [3.63, 3.8) is 0 Å². The Morgan fingerprint density at radius 3 is 2.76 bits per heavy atom. The molecule has 5 nitrogen and oxygen atoms in total. The molecule has 0 amide bonds. The number of hydrogen-bond donors (Lipinski definition) is 1. The van der Waals surface area contributed by atoms with Crippen LogP contribution in [0.5, 0.6) is 0 Å². The normalized spacial score (nSPS) is 14.8. The molecule has 1 aromatic rings. The average Bonchev–Trinajstić information content (AvgIpc) is 2.70. The van der Waals surface area contributed by atoms with Crippen LogP contribution >= 0.6 is 0 Å². The van der Waals surface area contributed by atoms with Crippen molar-refractivity contribution in [2.75, 3.05) is 23.7 Å². The molecule has 2 rings (SSSR count). The zero-order chi connectivity index (χ0) is 12.6. The van der Waals surface area contributed by atoms with E-state index >= 15 is 0 Å². The van der Waals surface area contributed by atoms with E-state index in [9.17, 15) is 13.2 Å². The molecule has 0 aliphatic carbocycles. The topological polar surface area (TPSA) is 80.5 Å². The predicted molar refractivity (Wildman–Crippen MR) is 65.7 cm³/mol. The number of nitrogens with zero attached hydrogens (tertiary/aromatic N) is 1. The molecule has 1 heterocycles. The monoisotopic (exact) mass is 254 g/mol. The third-order valence-electron chi connectivity index (χ3n) is 2.84. The lowest BCUT2D eigenvalue weighted by atomic mass is 10.1. The molecule has 0 radical (unpaired) electrons. The van der Waals surface area contributed by atoms with Crippen LogP contribution in [0.4, 0.5) is 5.69 Å². The number of benzene rings is 1. The zero-order valence-corrected chi connectivity index (χ0v) is 10.3. The molecule has 0 aromatic heterocycles. The Bertz CT molecular complexity index is 566. The van der Waals surface area contributed by atoms with Gasteiger partial charge in [-0.05, 0) is 30.2 Å². The first-order valence-electron chi connectivity index (χ1n) is 5.27. The first-order chi connectivity index (χ1) is 7.93. The lowest BCUT2D eigenvalue weighted by Crippen LogP contribution is -2.27. The van der Waals surface area contributed by atoms with Crippen LogP contribution in [-0.4, -0.2) is 33.5 Å². The number of sulfonamides is 1. The van der Waals surface area contributed by atoms with Crippen LogP contribution in [0.2, 0.25) is 0 Å². The summed E-state index contributed by atoms with van der Waals surface area (Å²) in [5.74, 6) is -0.134. The number of carbonyl (C=O) groups is 1.